The van der Waals surface area contributed by atoms with Gasteiger partial charge in [0.05, 0.1) is 10.6 Å². The lowest BCUT2D eigenvalue weighted by atomic mass is 10.1. The second-order valence-electron chi connectivity index (χ2n) is 4.01. The summed E-state index contributed by atoms with van der Waals surface area (Å²) in [6, 6.07) is 7.64. The van der Waals surface area contributed by atoms with Gasteiger partial charge in [-0.15, -0.1) is 0 Å². The van der Waals surface area contributed by atoms with Crippen LogP contribution in [0, 0.1) is 15.9 Å². The van der Waals surface area contributed by atoms with Crippen LogP contribution in [0.3, 0.4) is 0 Å². The van der Waals surface area contributed by atoms with E-state index in [1.165, 1.54) is 24.3 Å². The highest BCUT2D eigenvalue weighted by Crippen LogP contribution is 2.33. The van der Waals surface area contributed by atoms with Crippen molar-refractivity contribution in [1.29, 1.82) is 0 Å². The molecule has 0 bridgehead atoms. The summed E-state index contributed by atoms with van der Waals surface area (Å²) < 4.78 is 13.7. The average molecular weight is 355 g/mol. The number of aromatic carboxylic acids is 1. The highest BCUT2D eigenvalue weighted by molar-refractivity contribution is 9.10. The van der Waals surface area contributed by atoms with Crippen molar-refractivity contribution in [2.75, 3.05) is 5.32 Å². The Balaban J connectivity index is 2.54. The maximum atomic E-state index is 13.2. The van der Waals surface area contributed by atoms with E-state index in [2.05, 4.69) is 21.2 Å². The molecule has 0 aliphatic carbocycles. The van der Waals surface area contributed by atoms with Gasteiger partial charge in [-0.05, 0) is 46.3 Å². The molecule has 0 amide bonds. The summed E-state index contributed by atoms with van der Waals surface area (Å²) in [5.41, 5.74) is -0.814. The fourth-order valence-electron chi connectivity index (χ4n) is 1.75. The van der Waals surface area contributed by atoms with E-state index < -0.39 is 28.0 Å². The van der Waals surface area contributed by atoms with Gasteiger partial charge in [-0.25, -0.2) is 9.18 Å². The second kappa shape index (κ2) is 5.88. The van der Waals surface area contributed by atoms with Gasteiger partial charge in [-0.3, -0.25) is 10.1 Å². The molecule has 0 heterocycles. The molecule has 2 aromatic rings. The minimum atomic E-state index is -1.41. The molecule has 21 heavy (non-hydrogen) atoms. The quantitative estimate of drug-likeness (QED) is 0.640. The summed E-state index contributed by atoms with van der Waals surface area (Å²) in [5, 5.41) is 22.8. The minimum absolute atomic E-state index is 0.0359. The van der Waals surface area contributed by atoms with Crippen molar-refractivity contribution in [3.63, 3.8) is 0 Å². The number of benzene rings is 2. The van der Waals surface area contributed by atoms with E-state index in [1.54, 1.807) is 0 Å². The normalized spacial score (nSPS) is 10.2. The van der Waals surface area contributed by atoms with Gasteiger partial charge in [0.1, 0.15) is 17.1 Å². The van der Waals surface area contributed by atoms with Gasteiger partial charge in [0.2, 0.25) is 0 Å². The number of nitro benzene ring substituents is 1. The molecule has 0 unspecified atom stereocenters. The first-order valence-corrected chi connectivity index (χ1v) is 6.42. The number of nitro groups is 1. The molecule has 0 atom stereocenters. The van der Waals surface area contributed by atoms with Crippen LogP contribution in [0.25, 0.3) is 0 Å². The van der Waals surface area contributed by atoms with Crippen LogP contribution in [0.1, 0.15) is 10.4 Å². The third kappa shape index (κ3) is 3.16. The highest BCUT2D eigenvalue weighted by atomic mass is 79.9. The molecule has 0 radical (unpaired) electrons. The Morgan fingerprint density at radius 2 is 2.00 bits per heavy atom. The average Bonchev–Trinajstić information content (AvgIpc) is 2.42. The molecule has 2 aromatic carbocycles. The standard InChI is InChI=1S/C13H8BrFN2O4/c14-9-5-4-7(15)6-11(9)16-10-3-1-2-8(13(18)19)12(10)17(20)21/h1-6,16H,(H,18,19). The van der Waals surface area contributed by atoms with Crippen LogP contribution in [0.2, 0.25) is 0 Å². The van der Waals surface area contributed by atoms with E-state index in [0.717, 1.165) is 12.1 Å². The lowest BCUT2D eigenvalue weighted by Crippen LogP contribution is -2.06. The lowest BCUT2D eigenvalue weighted by Gasteiger charge is -2.10. The molecule has 2 rings (SSSR count). The maximum Gasteiger partial charge on any atom is 0.342 e. The fraction of sp³-hybridized carbons (Fsp3) is 0. The number of hydrogen-bond donors (Lipinski definition) is 2. The molecule has 2 N–H and O–H groups in total. The smallest absolute Gasteiger partial charge is 0.342 e. The Morgan fingerprint density at radius 1 is 1.29 bits per heavy atom. The molecule has 108 valence electrons. The van der Waals surface area contributed by atoms with Gasteiger partial charge >= 0.3 is 11.7 Å². The monoisotopic (exact) mass is 354 g/mol. The van der Waals surface area contributed by atoms with Gasteiger partial charge in [0.15, 0.2) is 0 Å². The summed E-state index contributed by atoms with van der Waals surface area (Å²) in [4.78, 5) is 21.4. The Morgan fingerprint density at radius 3 is 2.62 bits per heavy atom. The van der Waals surface area contributed by atoms with E-state index in [0.29, 0.717) is 4.47 Å². The number of carbonyl (C=O) groups is 1. The van der Waals surface area contributed by atoms with Gasteiger partial charge in [-0.2, -0.15) is 0 Å². The number of para-hydroxylation sites is 1. The van der Waals surface area contributed by atoms with E-state index in [1.807, 2.05) is 0 Å². The van der Waals surface area contributed by atoms with Crippen molar-refractivity contribution in [1.82, 2.24) is 0 Å². The highest BCUT2D eigenvalue weighted by Gasteiger charge is 2.24. The van der Waals surface area contributed by atoms with E-state index in [9.17, 15) is 19.3 Å². The minimum Gasteiger partial charge on any atom is -0.477 e. The molecule has 6 nitrogen and oxygen atoms in total. The predicted octanol–water partition coefficient (Wildman–Crippen LogP) is 3.94. The number of nitrogens with one attached hydrogen (secondary N) is 1. The molecule has 0 fully saturated rings. The van der Waals surface area contributed by atoms with Crippen molar-refractivity contribution in [2.45, 2.75) is 0 Å². The van der Waals surface area contributed by atoms with Crippen LogP contribution in [-0.4, -0.2) is 16.0 Å². The molecule has 0 aliphatic heterocycles. The molecule has 0 saturated heterocycles. The van der Waals surface area contributed by atoms with Gasteiger partial charge in [0, 0.05) is 4.47 Å². The van der Waals surface area contributed by atoms with Crippen LogP contribution in [0.5, 0.6) is 0 Å². The third-order valence-electron chi connectivity index (χ3n) is 2.65. The number of hydrogen-bond acceptors (Lipinski definition) is 4. The lowest BCUT2D eigenvalue weighted by molar-refractivity contribution is -0.384. The summed E-state index contributed by atoms with van der Waals surface area (Å²) in [6.45, 7) is 0. The Labute approximate surface area is 126 Å². The first-order valence-electron chi connectivity index (χ1n) is 5.63. The van der Waals surface area contributed by atoms with Crippen LogP contribution >= 0.6 is 15.9 Å². The van der Waals surface area contributed by atoms with Gasteiger partial charge < -0.3 is 10.4 Å². The summed E-state index contributed by atoms with van der Waals surface area (Å²) in [7, 11) is 0. The van der Waals surface area contributed by atoms with E-state index in [4.69, 9.17) is 5.11 Å². The predicted molar refractivity (Wildman–Crippen MR) is 77.4 cm³/mol. The SMILES string of the molecule is O=C(O)c1cccc(Nc2cc(F)ccc2Br)c1[N+](=O)[O-]. The largest absolute Gasteiger partial charge is 0.477 e. The summed E-state index contributed by atoms with van der Waals surface area (Å²) in [6.07, 6.45) is 0. The zero-order valence-corrected chi connectivity index (χ0v) is 11.9. The van der Waals surface area contributed by atoms with Crippen LogP contribution in [-0.2, 0) is 0 Å². The molecule has 8 heteroatoms. The first-order chi connectivity index (χ1) is 9.90. The summed E-state index contributed by atoms with van der Waals surface area (Å²) >= 11 is 3.18. The number of halogens is 2. The number of anilines is 2. The zero-order valence-electron chi connectivity index (χ0n) is 10.3. The topological polar surface area (TPSA) is 92.5 Å². The van der Waals surface area contributed by atoms with E-state index >= 15 is 0 Å². The second-order valence-corrected chi connectivity index (χ2v) is 4.87. The Hall–Kier alpha value is -2.48. The molecular weight excluding hydrogens is 347 g/mol. The van der Waals surface area contributed by atoms with Gasteiger partial charge in [-0.1, -0.05) is 6.07 Å². The third-order valence-corrected chi connectivity index (χ3v) is 3.34. The van der Waals surface area contributed by atoms with Crippen molar-refractivity contribution in [3.05, 3.63) is 62.4 Å². The molecular formula is C13H8BrFN2O4. The summed E-state index contributed by atoms with van der Waals surface area (Å²) in [5.74, 6) is -1.94. The Bertz CT molecular complexity index is 736. The van der Waals surface area contributed by atoms with Crippen LogP contribution in [0.4, 0.5) is 21.5 Å². The number of carboxylic acid groups (broad SMARTS) is 1. The first kappa shape index (κ1) is 14.9. The number of rotatable bonds is 4. The Kier molecular flexibility index (Phi) is 4.18. The zero-order chi connectivity index (χ0) is 15.6. The van der Waals surface area contributed by atoms with Crippen molar-refractivity contribution in [2.24, 2.45) is 0 Å². The van der Waals surface area contributed by atoms with Crippen LogP contribution in [0.15, 0.2) is 40.9 Å². The number of nitrogens with zero attached hydrogens (tertiary/aromatic N) is 1. The van der Waals surface area contributed by atoms with Crippen molar-refractivity contribution < 1.29 is 19.2 Å². The van der Waals surface area contributed by atoms with Crippen LogP contribution < -0.4 is 5.32 Å². The van der Waals surface area contributed by atoms with Crippen molar-refractivity contribution >= 4 is 39.0 Å². The molecule has 0 aromatic heterocycles. The molecule has 0 saturated carbocycles. The van der Waals surface area contributed by atoms with Gasteiger partial charge in [0.25, 0.3) is 0 Å². The fourth-order valence-corrected chi connectivity index (χ4v) is 2.10. The molecule has 0 spiro atoms. The van der Waals surface area contributed by atoms with E-state index in [-0.39, 0.29) is 11.4 Å². The number of carboxylic acids is 1. The van der Waals surface area contributed by atoms with Crippen molar-refractivity contribution in [3.8, 4) is 0 Å². The molecule has 0 aliphatic rings. The maximum absolute atomic E-state index is 13.2.